The summed E-state index contributed by atoms with van der Waals surface area (Å²) in [5, 5.41) is 5.32. The molecule has 0 saturated heterocycles. The van der Waals surface area contributed by atoms with Gasteiger partial charge in [-0.15, -0.1) is 59.3 Å². The first-order chi connectivity index (χ1) is 17.1. The van der Waals surface area contributed by atoms with Gasteiger partial charge in [0.1, 0.15) is 0 Å². The largest absolute Gasteiger partial charge is 4.00 e. The van der Waals surface area contributed by atoms with Crippen LogP contribution in [0.25, 0.3) is 21.5 Å². The van der Waals surface area contributed by atoms with Crippen LogP contribution in [0.2, 0.25) is 0 Å². The van der Waals surface area contributed by atoms with E-state index in [-0.39, 0.29) is 102 Å². The molecule has 220 valence electrons. The molecule has 0 nitrogen and oxygen atoms in total. The fourth-order valence-electron chi connectivity index (χ4n) is 3.89. The molecule has 0 fully saturated rings. The summed E-state index contributed by atoms with van der Waals surface area (Å²) in [6, 6.07) is 46.3. The normalized spacial score (nSPS) is 9.48. The van der Waals surface area contributed by atoms with Crippen LogP contribution >= 0.6 is 0 Å². The van der Waals surface area contributed by atoms with Crippen LogP contribution in [0, 0.1) is 0 Å². The van der Waals surface area contributed by atoms with Crippen LogP contribution in [-0.2, 0) is 63.2 Å². The molecule has 0 amide bonds. The molecular formula is C36H40Cl4Zr2. The molecule has 6 aromatic carbocycles. The maximum Gasteiger partial charge on any atom is 4.00 e. The van der Waals surface area contributed by atoms with Gasteiger partial charge in [-0.05, 0) is 0 Å². The first kappa shape index (κ1) is 48.2. The SMILES string of the molecule is CC(C)(C)[c-]1cccc1.CC(C)(C)[c-]1cccc1.[Cl-].[Cl-].[Cl-].[Cl-].[Zr+4].[Zr+4].c1ccc2[cH-]ccc2c1.c1ccc2[cH-]ccc2c1. The van der Waals surface area contributed by atoms with E-state index < -0.39 is 0 Å². The summed E-state index contributed by atoms with van der Waals surface area (Å²) < 4.78 is 0. The minimum absolute atomic E-state index is 0. The van der Waals surface area contributed by atoms with E-state index >= 15 is 0 Å². The molecule has 0 bridgehead atoms. The Labute approximate surface area is 317 Å². The van der Waals surface area contributed by atoms with E-state index in [1.54, 1.807) is 0 Å². The summed E-state index contributed by atoms with van der Waals surface area (Å²) in [4.78, 5) is 0. The molecule has 0 radical (unpaired) electrons. The van der Waals surface area contributed by atoms with E-state index in [4.69, 9.17) is 0 Å². The van der Waals surface area contributed by atoms with Gasteiger partial charge in [-0.2, -0.15) is 70.4 Å². The number of benzene rings is 2. The summed E-state index contributed by atoms with van der Waals surface area (Å²) in [6.45, 7) is 13.3. The molecule has 6 heteroatoms. The fraction of sp³-hybridized carbons (Fsp3) is 0.222. The summed E-state index contributed by atoms with van der Waals surface area (Å²) in [7, 11) is 0. The van der Waals surface area contributed by atoms with Crippen LogP contribution in [0.5, 0.6) is 0 Å². The van der Waals surface area contributed by atoms with E-state index in [9.17, 15) is 0 Å². The summed E-state index contributed by atoms with van der Waals surface area (Å²) >= 11 is 0. The van der Waals surface area contributed by atoms with E-state index in [0.717, 1.165) is 0 Å². The molecular weight excluding hydrogens is 757 g/mol. The average Bonchev–Trinajstić information content (AvgIpc) is 3.66. The van der Waals surface area contributed by atoms with Gasteiger partial charge in [0.25, 0.3) is 0 Å². The van der Waals surface area contributed by atoms with Crippen LogP contribution in [0.1, 0.15) is 52.7 Å². The van der Waals surface area contributed by atoms with Gasteiger partial charge < -0.3 is 49.6 Å². The van der Waals surface area contributed by atoms with Crippen molar-refractivity contribution in [3.05, 3.63) is 145 Å². The Morgan fingerprint density at radius 3 is 0.952 bits per heavy atom. The third kappa shape index (κ3) is 16.4. The second-order valence-electron chi connectivity index (χ2n) is 11.2. The minimum atomic E-state index is 0. The number of fused-ring (bicyclic) bond motifs is 2. The first-order valence-electron chi connectivity index (χ1n) is 12.8. The van der Waals surface area contributed by atoms with Gasteiger partial charge in [0, 0.05) is 0 Å². The third-order valence-electron chi connectivity index (χ3n) is 6.15. The number of hydrogen-bond donors (Lipinski definition) is 0. The summed E-state index contributed by atoms with van der Waals surface area (Å²) in [6.07, 6.45) is 0. The van der Waals surface area contributed by atoms with Gasteiger partial charge in [-0.1, -0.05) is 64.5 Å². The second-order valence-corrected chi connectivity index (χ2v) is 11.2. The molecule has 0 aliphatic carbocycles. The molecule has 0 saturated carbocycles. The van der Waals surface area contributed by atoms with Gasteiger partial charge in [0.05, 0.1) is 0 Å². The van der Waals surface area contributed by atoms with Crippen molar-refractivity contribution in [1.82, 2.24) is 0 Å². The van der Waals surface area contributed by atoms with Crippen LogP contribution in [0.15, 0.2) is 133 Å². The molecule has 42 heavy (non-hydrogen) atoms. The smallest absolute Gasteiger partial charge is 1.00 e. The number of halogens is 4. The predicted octanol–water partition coefficient (Wildman–Crippen LogP) is -1.47. The monoisotopic (exact) mass is 792 g/mol. The molecule has 0 heterocycles. The van der Waals surface area contributed by atoms with Crippen LogP contribution < -0.4 is 49.6 Å². The van der Waals surface area contributed by atoms with Crippen molar-refractivity contribution in [2.24, 2.45) is 0 Å². The topological polar surface area (TPSA) is 0 Å². The van der Waals surface area contributed by atoms with Crippen molar-refractivity contribution in [1.29, 1.82) is 0 Å². The van der Waals surface area contributed by atoms with Crippen molar-refractivity contribution in [3.8, 4) is 0 Å². The molecule has 0 aromatic heterocycles. The van der Waals surface area contributed by atoms with Gasteiger partial charge in [0.2, 0.25) is 0 Å². The standard InChI is InChI=1S/2C9H7.2C9H13.4ClH.2Zr/c2*1-2-5-9-7-3-6-8(9)4-1;2*1-9(2,3)8-6-4-5-7-8;;;;;;/h2*1-7H;2*4-7H,1-3H3;4*1H;;/q4*-1;;;;;2*+4/p-4. The summed E-state index contributed by atoms with van der Waals surface area (Å²) in [5.74, 6) is 0. The Kier molecular flexibility index (Phi) is 27.1. The fourth-order valence-corrected chi connectivity index (χ4v) is 3.89. The van der Waals surface area contributed by atoms with Gasteiger partial charge in [-0.25, -0.2) is 24.3 Å². The molecule has 6 rings (SSSR count). The Morgan fingerprint density at radius 2 is 0.714 bits per heavy atom. The maximum absolute atomic E-state index is 2.22. The third-order valence-corrected chi connectivity index (χ3v) is 6.15. The predicted molar refractivity (Wildman–Crippen MR) is 161 cm³/mol. The van der Waals surface area contributed by atoms with Crippen LogP contribution in [0.4, 0.5) is 0 Å². The molecule has 6 aromatic rings. The second kappa shape index (κ2) is 23.6. The average molecular weight is 797 g/mol. The maximum atomic E-state index is 2.22. The molecule has 0 spiro atoms. The van der Waals surface area contributed by atoms with E-state index in [1.165, 1.54) is 32.7 Å². The van der Waals surface area contributed by atoms with Gasteiger partial charge in [0.15, 0.2) is 0 Å². The van der Waals surface area contributed by atoms with Gasteiger partial charge >= 0.3 is 52.4 Å². The van der Waals surface area contributed by atoms with Crippen molar-refractivity contribution in [2.75, 3.05) is 0 Å². The van der Waals surface area contributed by atoms with E-state index in [0.29, 0.717) is 10.8 Å². The van der Waals surface area contributed by atoms with Gasteiger partial charge in [-0.3, -0.25) is 0 Å². The summed E-state index contributed by atoms with van der Waals surface area (Å²) in [5.41, 5.74) is 3.48. The van der Waals surface area contributed by atoms with Crippen molar-refractivity contribution in [3.63, 3.8) is 0 Å². The molecule has 0 aliphatic rings. The Bertz CT molecular complexity index is 1230. The van der Waals surface area contributed by atoms with Crippen LogP contribution in [0.3, 0.4) is 0 Å². The van der Waals surface area contributed by atoms with Crippen molar-refractivity contribution < 1.29 is 102 Å². The van der Waals surface area contributed by atoms with Crippen molar-refractivity contribution in [2.45, 2.75) is 52.4 Å². The van der Waals surface area contributed by atoms with Crippen molar-refractivity contribution >= 4 is 21.5 Å². The molecule has 0 aliphatic heterocycles. The zero-order chi connectivity index (χ0) is 26.0. The van der Waals surface area contributed by atoms with E-state index in [2.05, 4.69) is 175 Å². The quantitative estimate of drug-likeness (QED) is 0.165. The Hall–Kier alpha value is -0.714. The zero-order valence-electron chi connectivity index (χ0n) is 25.2. The Morgan fingerprint density at radius 1 is 0.429 bits per heavy atom. The minimum Gasteiger partial charge on any atom is -1.00 e. The Balaban J connectivity index is -0.000000219. The zero-order valence-corrected chi connectivity index (χ0v) is 33.2. The van der Waals surface area contributed by atoms with E-state index in [1.807, 2.05) is 0 Å². The van der Waals surface area contributed by atoms with Crippen LogP contribution in [-0.4, -0.2) is 0 Å². The number of hydrogen-bond acceptors (Lipinski definition) is 0. The number of rotatable bonds is 0. The molecule has 0 unspecified atom stereocenters. The molecule has 0 N–H and O–H groups in total. The molecule has 0 atom stereocenters. The first-order valence-corrected chi connectivity index (χ1v) is 12.8.